The van der Waals surface area contributed by atoms with Gasteiger partial charge in [-0.3, -0.25) is 9.36 Å². The molecule has 4 nitrogen and oxygen atoms in total. The van der Waals surface area contributed by atoms with Gasteiger partial charge in [0.25, 0.3) is 11.2 Å². The standard InChI is InChI=1S/C18H10Cl2F6N2O2/c19-13(20)14-27-12-4-2-1-3-11(12)15(29)28(14)10-7-5-9(6-8-10)16(30,17(21,22)23)18(24,25)26/h1-8,13,30H. The van der Waals surface area contributed by atoms with Gasteiger partial charge in [-0.05, 0) is 24.3 Å². The number of benzene rings is 2. The summed E-state index contributed by atoms with van der Waals surface area (Å²) in [6.07, 6.45) is -12.1. The van der Waals surface area contributed by atoms with Gasteiger partial charge in [0.05, 0.1) is 16.6 Å². The van der Waals surface area contributed by atoms with Crippen molar-refractivity contribution in [3.05, 3.63) is 70.3 Å². The highest BCUT2D eigenvalue weighted by Crippen LogP contribution is 2.50. The summed E-state index contributed by atoms with van der Waals surface area (Å²) in [7, 11) is 0. The van der Waals surface area contributed by atoms with Crippen LogP contribution in [0.2, 0.25) is 0 Å². The third kappa shape index (κ3) is 3.52. The molecule has 0 radical (unpaired) electrons. The van der Waals surface area contributed by atoms with E-state index in [2.05, 4.69) is 4.98 Å². The zero-order valence-corrected chi connectivity index (χ0v) is 16.0. The van der Waals surface area contributed by atoms with Gasteiger partial charge < -0.3 is 5.11 Å². The fourth-order valence-corrected chi connectivity index (χ4v) is 3.18. The van der Waals surface area contributed by atoms with Crippen LogP contribution in [0.1, 0.15) is 16.2 Å². The Morgan fingerprint density at radius 1 is 0.900 bits per heavy atom. The summed E-state index contributed by atoms with van der Waals surface area (Å²) in [5.41, 5.74) is -7.13. The number of nitrogens with zero attached hydrogens (tertiary/aromatic N) is 2. The zero-order valence-electron chi connectivity index (χ0n) is 14.5. The molecule has 0 unspecified atom stereocenters. The predicted octanol–water partition coefficient (Wildman–Crippen LogP) is 5.17. The van der Waals surface area contributed by atoms with E-state index in [0.717, 1.165) is 16.7 Å². The SMILES string of the molecule is O=c1c2ccccc2nc(C(Cl)Cl)n1-c1ccc(C(O)(C(F)(F)F)C(F)(F)F)cc1. The Morgan fingerprint density at radius 3 is 1.93 bits per heavy atom. The monoisotopic (exact) mass is 470 g/mol. The van der Waals surface area contributed by atoms with E-state index in [1.807, 2.05) is 0 Å². The Labute approximate surface area is 174 Å². The summed E-state index contributed by atoms with van der Waals surface area (Å²) in [4.78, 5) is 15.7. The molecule has 0 amide bonds. The van der Waals surface area contributed by atoms with Crippen molar-refractivity contribution in [3.8, 4) is 5.69 Å². The van der Waals surface area contributed by atoms with Crippen LogP contribution in [0.15, 0.2) is 53.3 Å². The number of alkyl halides is 8. The fraction of sp³-hybridized carbons (Fsp3) is 0.222. The molecule has 0 aliphatic carbocycles. The van der Waals surface area contributed by atoms with Crippen LogP contribution in [0.5, 0.6) is 0 Å². The van der Waals surface area contributed by atoms with Crippen LogP contribution in [0.25, 0.3) is 16.6 Å². The minimum atomic E-state index is -6.03. The van der Waals surface area contributed by atoms with Crippen molar-refractivity contribution in [2.24, 2.45) is 0 Å². The normalized spacial score (nSPS) is 13.3. The molecule has 0 atom stereocenters. The molecule has 3 rings (SSSR count). The predicted molar refractivity (Wildman–Crippen MR) is 97.8 cm³/mol. The third-order valence-corrected chi connectivity index (χ3v) is 4.75. The van der Waals surface area contributed by atoms with Crippen LogP contribution in [0.4, 0.5) is 26.3 Å². The molecule has 0 aliphatic rings. The van der Waals surface area contributed by atoms with Gasteiger partial charge in [0.15, 0.2) is 4.84 Å². The van der Waals surface area contributed by atoms with Gasteiger partial charge in [0.1, 0.15) is 5.82 Å². The van der Waals surface area contributed by atoms with Crippen molar-refractivity contribution in [1.82, 2.24) is 9.55 Å². The van der Waals surface area contributed by atoms with Gasteiger partial charge in [-0.25, -0.2) is 4.98 Å². The second-order valence-corrected chi connectivity index (χ2v) is 7.28. The molecule has 0 bridgehead atoms. The quantitative estimate of drug-likeness (QED) is 0.424. The molecular weight excluding hydrogens is 461 g/mol. The molecule has 0 saturated heterocycles. The van der Waals surface area contributed by atoms with Gasteiger partial charge in [-0.1, -0.05) is 47.5 Å². The summed E-state index contributed by atoms with van der Waals surface area (Å²) < 4.78 is 79.2. The van der Waals surface area contributed by atoms with E-state index in [0.29, 0.717) is 12.1 Å². The number of fused-ring (bicyclic) bond motifs is 1. The van der Waals surface area contributed by atoms with Crippen molar-refractivity contribution in [3.63, 3.8) is 0 Å². The minimum Gasteiger partial charge on any atom is -0.369 e. The Balaban J connectivity index is 2.23. The molecule has 1 aromatic heterocycles. The smallest absolute Gasteiger partial charge is 0.369 e. The minimum absolute atomic E-state index is 0.126. The molecule has 0 spiro atoms. The number of rotatable bonds is 3. The lowest BCUT2D eigenvalue weighted by Gasteiger charge is -2.32. The van der Waals surface area contributed by atoms with E-state index in [9.17, 15) is 36.2 Å². The lowest BCUT2D eigenvalue weighted by molar-refractivity contribution is -0.376. The summed E-state index contributed by atoms with van der Waals surface area (Å²) in [6, 6.07) is 8.52. The molecule has 0 aliphatic heterocycles. The molecule has 160 valence electrons. The van der Waals surface area contributed by atoms with Crippen molar-refractivity contribution in [2.75, 3.05) is 0 Å². The van der Waals surface area contributed by atoms with Crippen LogP contribution in [0.3, 0.4) is 0 Å². The first-order valence-corrected chi connectivity index (χ1v) is 8.93. The Kier molecular flexibility index (Phi) is 5.55. The van der Waals surface area contributed by atoms with Crippen molar-refractivity contribution in [2.45, 2.75) is 22.8 Å². The molecule has 0 saturated carbocycles. The number of para-hydroxylation sites is 1. The van der Waals surface area contributed by atoms with Gasteiger partial charge >= 0.3 is 12.4 Å². The Hall–Kier alpha value is -2.30. The molecule has 1 N–H and O–H groups in total. The van der Waals surface area contributed by atoms with Crippen LogP contribution in [-0.4, -0.2) is 27.0 Å². The molecule has 30 heavy (non-hydrogen) atoms. The Bertz CT molecular complexity index is 1130. The van der Waals surface area contributed by atoms with Crippen molar-refractivity contribution >= 4 is 34.1 Å². The van der Waals surface area contributed by atoms with E-state index in [1.54, 1.807) is 12.1 Å². The van der Waals surface area contributed by atoms with Crippen molar-refractivity contribution in [1.29, 1.82) is 0 Å². The molecule has 0 fully saturated rings. The second kappa shape index (κ2) is 7.44. The number of hydrogen-bond acceptors (Lipinski definition) is 3. The summed E-state index contributed by atoms with van der Waals surface area (Å²) in [5, 5.41) is 9.61. The summed E-state index contributed by atoms with van der Waals surface area (Å²) in [6.45, 7) is 0. The zero-order chi connectivity index (χ0) is 22.5. The summed E-state index contributed by atoms with van der Waals surface area (Å²) in [5.74, 6) is -0.184. The highest BCUT2D eigenvalue weighted by molar-refractivity contribution is 6.43. The van der Waals surface area contributed by atoms with E-state index in [-0.39, 0.29) is 22.4 Å². The van der Waals surface area contributed by atoms with Gasteiger partial charge in [-0.15, -0.1) is 0 Å². The van der Waals surface area contributed by atoms with Crippen molar-refractivity contribution < 1.29 is 31.4 Å². The molecular formula is C18H10Cl2F6N2O2. The van der Waals surface area contributed by atoms with Crippen LogP contribution < -0.4 is 5.56 Å². The van der Waals surface area contributed by atoms with E-state index >= 15 is 0 Å². The topological polar surface area (TPSA) is 55.1 Å². The third-order valence-electron chi connectivity index (χ3n) is 4.36. The Morgan fingerprint density at radius 2 is 1.43 bits per heavy atom. The fourth-order valence-electron chi connectivity index (χ4n) is 2.89. The van der Waals surface area contributed by atoms with Gasteiger partial charge in [-0.2, -0.15) is 26.3 Å². The summed E-state index contributed by atoms with van der Waals surface area (Å²) >= 11 is 11.7. The molecule has 12 heteroatoms. The number of aromatic nitrogens is 2. The van der Waals surface area contributed by atoms with E-state index in [4.69, 9.17) is 23.2 Å². The number of hydrogen-bond donors (Lipinski definition) is 1. The molecule has 1 heterocycles. The maximum Gasteiger partial charge on any atom is 0.430 e. The first-order valence-electron chi connectivity index (χ1n) is 8.05. The maximum absolute atomic E-state index is 13.0. The molecule has 2 aromatic carbocycles. The van der Waals surface area contributed by atoms with Crippen LogP contribution in [-0.2, 0) is 5.60 Å². The second-order valence-electron chi connectivity index (χ2n) is 6.18. The maximum atomic E-state index is 13.0. The van der Waals surface area contributed by atoms with E-state index in [1.165, 1.54) is 12.1 Å². The average molecular weight is 471 g/mol. The first kappa shape index (κ1) is 22.4. The van der Waals surface area contributed by atoms with Gasteiger partial charge in [0, 0.05) is 5.56 Å². The number of halogens is 8. The average Bonchev–Trinajstić information content (AvgIpc) is 2.65. The lowest BCUT2D eigenvalue weighted by Crippen LogP contribution is -2.53. The highest BCUT2D eigenvalue weighted by Gasteiger charge is 2.71. The van der Waals surface area contributed by atoms with Crippen LogP contribution >= 0.6 is 23.2 Å². The molecule has 3 aromatic rings. The number of aliphatic hydroxyl groups is 1. The first-order chi connectivity index (χ1) is 13.8. The van der Waals surface area contributed by atoms with Gasteiger partial charge in [0.2, 0.25) is 0 Å². The highest BCUT2D eigenvalue weighted by atomic mass is 35.5. The van der Waals surface area contributed by atoms with Crippen LogP contribution in [0, 0.1) is 0 Å². The van der Waals surface area contributed by atoms with E-state index < -0.39 is 33.9 Å². The largest absolute Gasteiger partial charge is 0.430 e. The lowest BCUT2D eigenvalue weighted by atomic mass is 9.92.